The topological polar surface area (TPSA) is 17.1 Å². The molecule has 1 saturated carbocycles. The summed E-state index contributed by atoms with van der Waals surface area (Å²) in [6, 6.07) is 0. The zero-order valence-electron chi connectivity index (χ0n) is 9.68. The second-order valence-electron chi connectivity index (χ2n) is 5.10. The summed E-state index contributed by atoms with van der Waals surface area (Å²) in [6.45, 7) is 10.4. The minimum atomic E-state index is 0.272. The van der Waals surface area contributed by atoms with Crippen molar-refractivity contribution in [2.45, 2.75) is 46.5 Å². The smallest absolute Gasteiger partial charge is 0.136 e. The first-order valence-electron chi connectivity index (χ1n) is 5.67. The van der Waals surface area contributed by atoms with E-state index in [0.29, 0.717) is 5.78 Å². The Balaban J connectivity index is 2.55. The molecule has 0 aromatic rings. The Labute approximate surface area is 87.6 Å². The van der Waals surface area contributed by atoms with Gasteiger partial charge in [-0.05, 0) is 38.0 Å². The van der Waals surface area contributed by atoms with E-state index < -0.39 is 0 Å². The van der Waals surface area contributed by atoms with E-state index in [4.69, 9.17) is 0 Å². The van der Waals surface area contributed by atoms with Crippen molar-refractivity contribution in [1.29, 1.82) is 0 Å². The van der Waals surface area contributed by atoms with Gasteiger partial charge in [0.2, 0.25) is 0 Å². The van der Waals surface area contributed by atoms with E-state index in [1.807, 2.05) is 6.92 Å². The first-order chi connectivity index (χ1) is 6.50. The third-order valence-corrected chi connectivity index (χ3v) is 3.34. The molecule has 1 aliphatic rings. The Hall–Kier alpha value is -0.590. The van der Waals surface area contributed by atoms with Gasteiger partial charge in [0.15, 0.2) is 0 Å². The van der Waals surface area contributed by atoms with Gasteiger partial charge in [0.1, 0.15) is 5.78 Å². The zero-order valence-corrected chi connectivity index (χ0v) is 9.68. The van der Waals surface area contributed by atoms with Crippen molar-refractivity contribution >= 4 is 5.78 Å². The molecular formula is C13H22O. The summed E-state index contributed by atoms with van der Waals surface area (Å²) in [5.74, 6) is 2.20. The third-order valence-electron chi connectivity index (χ3n) is 3.34. The van der Waals surface area contributed by atoms with E-state index in [2.05, 4.69) is 20.4 Å². The monoisotopic (exact) mass is 194 g/mol. The summed E-state index contributed by atoms with van der Waals surface area (Å²) in [6.07, 6.45) is 3.88. The Morgan fingerprint density at radius 2 is 2.21 bits per heavy atom. The lowest BCUT2D eigenvalue weighted by atomic mass is 9.74. The number of rotatable bonds is 3. The van der Waals surface area contributed by atoms with E-state index in [-0.39, 0.29) is 5.92 Å². The molecular weight excluding hydrogens is 172 g/mol. The van der Waals surface area contributed by atoms with Crippen LogP contribution in [0.15, 0.2) is 12.2 Å². The molecule has 0 radical (unpaired) electrons. The average Bonchev–Trinajstić information content (AvgIpc) is 2.07. The zero-order chi connectivity index (χ0) is 10.7. The van der Waals surface area contributed by atoms with Crippen LogP contribution in [-0.4, -0.2) is 5.78 Å². The Kier molecular flexibility index (Phi) is 3.91. The van der Waals surface area contributed by atoms with Gasteiger partial charge in [0, 0.05) is 12.3 Å². The molecule has 1 aliphatic carbocycles. The lowest BCUT2D eigenvalue weighted by Gasteiger charge is -2.30. The molecule has 1 rings (SSSR count). The molecule has 14 heavy (non-hydrogen) atoms. The molecule has 80 valence electrons. The van der Waals surface area contributed by atoms with Crippen LogP contribution in [-0.2, 0) is 4.79 Å². The first kappa shape index (κ1) is 11.5. The van der Waals surface area contributed by atoms with E-state index in [1.54, 1.807) is 0 Å². The number of ketones is 1. The van der Waals surface area contributed by atoms with E-state index in [0.717, 1.165) is 43.1 Å². The predicted molar refractivity (Wildman–Crippen MR) is 60.1 cm³/mol. The van der Waals surface area contributed by atoms with Crippen LogP contribution in [0.2, 0.25) is 0 Å². The molecule has 0 N–H and O–H groups in total. The van der Waals surface area contributed by atoms with Crippen LogP contribution in [0.5, 0.6) is 0 Å². The van der Waals surface area contributed by atoms with E-state index in [9.17, 15) is 4.79 Å². The van der Waals surface area contributed by atoms with Gasteiger partial charge < -0.3 is 0 Å². The summed E-state index contributed by atoms with van der Waals surface area (Å²) < 4.78 is 0. The lowest BCUT2D eigenvalue weighted by Crippen LogP contribution is -2.27. The number of hydrogen-bond acceptors (Lipinski definition) is 1. The van der Waals surface area contributed by atoms with E-state index >= 15 is 0 Å². The normalized spacial score (nSPS) is 28.1. The molecule has 0 saturated heterocycles. The second-order valence-corrected chi connectivity index (χ2v) is 5.10. The van der Waals surface area contributed by atoms with Gasteiger partial charge in [-0.1, -0.05) is 19.4 Å². The fraction of sp³-hybridized carbons (Fsp3) is 0.769. The molecule has 1 nitrogen and oxygen atoms in total. The van der Waals surface area contributed by atoms with Gasteiger partial charge in [-0.2, -0.15) is 0 Å². The van der Waals surface area contributed by atoms with Crippen molar-refractivity contribution in [2.24, 2.45) is 17.8 Å². The third kappa shape index (κ3) is 2.97. The van der Waals surface area contributed by atoms with Crippen LogP contribution in [0.3, 0.4) is 0 Å². The highest BCUT2D eigenvalue weighted by Crippen LogP contribution is 2.34. The minimum absolute atomic E-state index is 0.272. The standard InChI is InChI=1S/C13H22O/c1-9(2)7-12-8-11(10(3)4)5-6-13(12)14/h10-12H,1,5-8H2,2-4H3. The summed E-state index contributed by atoms with van der Waals surface area (Å²) in [7, 11) is 0. The second kappa shape index (κ2) is 4.77. The van der Waals surface area contributed by atoms with E-state index in [1.165, 1.54) is 0 Å². The molecule has 2 unspecified atom stereocenters. The number of allylic oxidation sites excluding steroid dienone is 1. The Morgan fingerprint density at radius 3 is 2.71 bits per heavy atom. The van der Waals surface area contributed by atoms with Crippen molar-refractivity contribution in [1.82, 2.24) is 0 Å². The fourth-order valence-electron chi connectivity index (χ4n) is 2.37. The number of carbonyl (C=O) groups is 1. The summed E-state index contributed by atoms with van der Waals surface area (Å²) in [5.41, 5.74) is 1.15. The molecule has 0 aromatic carbocycles. The highest BCUT2D eigenvalue weighted by molar-refractivity contribution is 5.82. The number of Topliss-reactive ketones (excluding diaryl/α,β-unsaturated/α-hetero) is 1. The van der Waals surface area contributed by atoms with Gasteiger partial charge in [-0.25, -0.2) is 0 Å². The number of carbonyl (C=O) groups excluding carboxylic acids is 1. The molecule has 0 spiro atoms. The maximum atomic E-state index is 11.7. The molecule has 1 fully saturated rings. The van der Waals surface area contributed by atoms with Crippen LogP contribution in [0.4, 0.5) is 0 Å². The van der Waals surface area contributed by atoms with Crippen molar-refractivity contribution < 1.29 is 4.79 Å². The maximum absolute atomic E-state index is 11.7. The quantitative estimate of drug-likeness (QED) is 0.627. The van der Waals surface area contributed by atoms with Gasteiger partial charge in [0.25, 0.3) is 0 Å². The van der Waals surface area contributed by atoms with Crippen molar-refractivity contribution in [3.05, 3.63) is 12.2 Å². The Bertz CT molecular complexity index is 227. The predicted octanol–water partition coefficient (Wildman–Crippen LogP) is 3.59. The van der Waals surface area contributed by atoms with Crippen LogP contribution in [0, 0.1) is 17.8 Å². The average molecular weight is 194 g/mol. The minimum Gasteiger partial charge on any atom is -0.299 e. The van der Waals surface area contributed by atoms with Gasteiger partial charge in [-0.3, -0.25) is 4.79 Å². The summed E-state index contributed by atoms with van der Waals surface area (Å²) in [4.78, 5) is 11.7. The molecule has 0 heterocycles. The van der Waals surface area contributed by atoms with Crippen molar-refractivity contribution in [3.63, 3.8) is 0 Å². The highest BCUT2D eigenvalue weighted by Gasteiger charge is 2.29. The largest absolute Gasteiger partial charge is 0.299 e. The van der Waals surface area contributed by atoms with Crippen molar-refractivity contribution in [2.75, 3.05) is 0 Å². The van der Waals surface area contributed by atoms with Crippen LogP contribution >= 0.6 is 0 Å². The summed E-state index contributed by atoms with van der Waals surface area (Å²) in [5, 5.41) is 0. The lowest BCUT2D eigenvalue weighted by molar-refractivity contribution is -0.125. The number of hydrogen-bond donors (Lipinski definition) is 0. The van der Waals surface area contributed by atoms with Crippen LogP contribution < -0.4 is 0 Å². The Morgan fingerprint density at radius 1 is 1.57 bits per heavy atom. The molecule has 0 aliphatic heterocycles. The summed E-state index contributed by atoms with van der Waals surface area (Å²) >= 11 is 0. The van der Waals surface area contributed by atoms with Gasteiger partial charge >= 0.3 is 0 Å². The fourth-order valence-corrected chi connectivity index (χ4v) is 2.37. The van der Waals surface area contributed by atoms with Gasteiger partial charge in [0.05, 0.1) is 0 Å². The SMILES string of the molecule is C=C(C)CC1CC(C(C)C)CCC1=O. The molecule has 1 heteroatoms. The molecule has 2 atom stereocenters. The van der Waals surface area contributed by atoms with Gasteiger partial charge in [-0.15, -0.1) is 6.58 Å². The molecule has 0 aromatic heterocycles. The van der Waals surface area contributed by atoms with Crippen molar-refractivity contribution in [3.8, 4) is 0 Å². The van der Waals surface area contributed by atoms with Crippen LogP contribution in [0.25, 0.3) is 0 Å². The maximum Gasteiger partial charge on any atom is 0.136 e. The molecule has 0 bridgehead atoms. The highest BCUT2D eigenvalue weighted by atomic mass is 16.1. The molecule has 0 amide bonds. The first-order valence-corrected chi connectivity index (χ1v) is 5.67. The van der Waals surface area contributed by atoms with Crippen LogP contribution in [0.1, 0.15) is 46.5 Å².